The van der Waals surface area contributed by atoms with Gasteiger partial charge in [0.25, 0.3) is 0 Å². The number of rotatable bonds is 8. The Bertz CT molecular complexity index is 933. The van der Waals surface area contributed by atoms with Crippen molar-refractivity contribution in [2.45, 2.75) is 34.6 Å². The van der Waals surface area contributed by atoms with Gasteiger partial charge in [0.15, 0.2) is 11.4 Å². The third-order valence-corrected chi connectivity index (χ3v) is 4.38. The van der Waals surface area contributed by atoms with E-state index in [0.29, 0.717) is 29.0 Å². The predicted molar refractivity (Wildman–Crippen MR) is 116 cm³/mol. The van der Waals surface area contributed by atoms with Gasteiger partial charge in [0.1, 0.15) is 5.82 Å². The molecule has 0 amide bonds. The van der Waals surface area contributed by atoms with E-state index in [9.17, 15) is 4.79 Å². The van der Waals surface area contributed by atoms with Gasteiger partial charge in [-0.1, -0.05) is 27.7 Å². The second kappa shape index (κ2) is 8.42. The van der Waals surface area contributed by atoms with E-state index in [-0.39, 0.29) is 5.78 Å². The molecule has 2 N–H and O–H groups in total. The summed E-state index contributed by atoms with van der Waals surface area (Å²) in [6.07, 6.45) is 0. The molecule has 2 heterocycles. The molecule has 0 radical (unpaired) electrons. The van der Waals surface area contributed by atoms with E-state index in [2.05, 4.69) is 53.9 Å². The molecule has 3 aromatic rings. The van der Waals surface area contributed by atoms with Crippen LogP contribution in [0.4, 0.5) is 17.5 Å². The van der Waals surface area contributed by atoms with Crippen molar-refractivity contribution in [1.82, 2.24) is 15.0 Å². The molecule has 6 heteroatoms. The number of carbonyl (C=O) groups excluding carboxylic acids is 1. The lowest BCUT2D eigenvalue weighted by atomic mass is 10.1. The Morgan fingerprint density at radius 1 is 1.00 bits per heavy atom. The van der Waals surface area contributed by atoms with Gasteiger partial charge in [-0.2, -0.15) is 4.98 Å². The highest BCUT2D eigenvalue weighted by Crippen LogP contribution is 2.22. The maximum atomic E-state index is 11.4. The minimum Gasteiger partial charge on any atom is -0.356 e. The number of aromatic nitrogens is 3. The Kier molecular flexibility index (Phi) is 5.97. The highest BCUT2D eigenvalue weighted by atomic mass is 16.1. The summed E-state index contributed by atoms with van der Waals surface area (Å²) in [7, 11) is 0. The molecule has 0 bridgehead atoms. The van der Waals surface area contributed by atoms with E-state index in [1.165, 1.54) is 0 Å². The summed E-state index contributed by atoms with van der Waals surface area (Å²) >= 11 is 0. The fraction of sp³-hybridized carbons (Fsp3) is 0.409. The normalized spacial score (nSPS) is 11.4. The molecule has 1 aromatic carbocycles. The number of imidazole rings is 1. The molecule has 2 aromatic heterocycles. The van der Waals surface area contributed by atoms with Crippen LogP contribution < -0.4 is 10.2 Å². The molecule has 28 heavy (non-hydrogen) atoms. The van der Waals surface area contributed by atoms with Gasteiger partial charge in [0.05, 0.1) is 5.52 Å². The van der Waals surface area contributed by atoms with Gasteiger partial charge in [-0.05, 0) is 55.2 Å². The maximum Gasteiger partial charge on any atom is 0.207 e. The largest absolute Gasteiger partial charge is 0.356 e. The molecule has 0 aliphatic heterocycles. The first kappa shape index (κ1) is 19.9. The minimum absolute atomic E-state index is 0.0550. The summed E-state index contributed by atoms with van der Waals surface area (Å²) in [5.74, 6) is 2.77. The van der Waals surface area contributed by atoms with Crippen molar-refractivity contribution in [3.05, 3.63) is 42.0 Å². The quantitative estimate of drug-likeness (QED) is 0.537. The third-order valence-electron chi connectivity index (χ3n) is 4.38. The summed E-state index contributed by atoms with van der Waals surface area (Å²) in [5.41, 5.74) is 3.14. The molecule has 0 spiro atoms. The number of anilines is 3. The Morgan fingerprint density at radius 3 is 2.21 bits per heavy atom. The van der Waals surface area contributed by atoms with Crippen LogP contribution in [0.3, 0.4) is 0 Å². The Balaban J connectivity index is 1.82. The molecule has 0 saturated carbocycles. The number of aromatic amines is 1. The van der Waals surface area contributed by atoms with Crippen molar-refractivity contribution in [2.75, 3.05) is 23.3 Å². The van der Waals surface area contributed by atoms with Crippen LogP contribution in [0, 0.1) is 11.8 Å². The number of pyridine rings is 1. The Hall–Kier alpha value is -2.89. The van der Waals surface area contributed by atoms with Crippen molar-refractivity contribution < 1.29 is 4.79 Å². The number of benzene rings is 1. The van der Waals surface area contributed by atoms with Crippen LogP contribution in [0.5, 0.6) is 0 Å². The van der Waals surface area contributed by atoms with E-state index in [1.807, 2.05) is 18.2 Å². The standard InChI is InChI=1S/C22H29N5O/c1-14(2)12-27(13-15(3)4)20-11-10-19-21(25-20)26-22(24-19)23-18-8-6-17(7-9-18)16(5)28/h6-11,14-15H,12-13H2,1-5H3,(H2,23,24,25,26). The van der Waals surface area contributed by atoms with Gasteiger partial charge in [-0.15, -0.1) is 0 Å². The highest BCUT2D eigenvalue weighted by molar-refractivity contribution is 5.94. The topological polar surface area (TPSA) is 73.9 Å². The van der Waals surface area contributed by atoms with Crippen LogP contribution in [0.2, 0.25) is 0 Å². The molecule has 0 aliphatic carbocycles. The van der Waals surface area contributed by atoms with Crippen LogP contribution in [-0.4, -0.2) is 33.8 Å². The van der Waals surface area contributed by atoms with Crippen LogP contribution in [-0.2, 0) is 0 Å². The second-order valence-electron chi connectivity index (χ2n) is 8.08. The zero-order valence-electron chi connectivity index (χ0n) is 17.3. The van der Waals surface area contributed by atoms with Crippen molar-refractivity contribution in [3.8, 4) is 0 Å². The molecule has 0 unspecified atom stereocenters. The first-order chi connectivity index (χ1) is 13.3. The SMILES string of the molecule is CC(=O)c1ccc(Nc2nc3nc(N(CC(C)C)CC(C)C)ccc3[nH]2)cc1. The van der Waals surface area contributed by atoms with Gasteiger partial charge in [0.2, 0.25) is 5.95 Å². The van der Waals surface area contributed by atoms with Crippen LogP contribution >= 0.6 is 0 Å². The number of fused-ring (bicyclic) bond motifs is 1. The number of hydrogen-bond donors (Lipinski definition) is 2. The summed E-state index contributed by atoms with van der Waals surface area (Å²) < 4.78 is 0. The average molecular weight is 380 g/mol. The maximum absolute atomic E-state index is 11.4. The molecule has 6 nitrogen and oxygen atoms in total. The van der Waals surface area contributed by atoms with E-state index in [0.717, 1.165) is 30.1 Å². The van der Waals surface area contributed by atoms with Gasteiger partial charge in [-0.3, -0.25) is 4.79 Å². The van der Waals surface area contributed by atoms with Gasteiger partial charge < -0.3 is 15.2 Å². The number of hydrogen-bond acceptors (Lipinski definition) is 5. The lowest BCUT2D eigenvalue weighted by Gasteiger charge is -2.27. The lowest BCUT2D eigenvalue weighted by Crippen LogP contribution is -2.31. The number of carbonyl (C=O) groups is 1. The van der Waals surface area contributed by atoms with E-state index >= 15 is 0 Å². The first-order valence-electron chi connectivity index (χ1n) is 9.81. The molecule has 0 fully saturated rings. The number of nitrogens with zero attached hydrogens (tertiary/aromatic N) is 3. The number of ketones is 1. The highest BCUT2D eigenvalue weighted by Gasteiger charge is 2.14. The van der Waals surface area contributed by atoms with Crippen molar-refractivity contribution in [2.24, 2.45) is 11.8 Å². The molecule has 0 saturated heterocycles. The number of Topliss-reactive ketones (excluding diaryl/α,β-unsaturated/α-hetero) is 1. The summed E-state index contributed by atoms with van der Waals surface area (Å²) in [4.78, 5) is 26.4. The first-order valence-corrected chi connectivity index (χ1v) is 9.81. The second-order valence-corrected chi connectivity index (χ2v) is 8.08. The number of H-pyrrole nitrogens is 1. The zero-order chi connectivity index (χ0) is 20.3. The van der Waals surface area contributed by atoms with Gasteiger partial charge in [0, 0.05) is 24.3 Å². The van der Waals surface area contributed by atoms with Crippen molar-refractivity contribution in [1.29, 1.82) is 0 Å². The molecule has 3 rings (SSSR count). The zero-order valence-corrected chi connectivity index (χ0v) is 17.3. The smallest absolute Gasteiger partial charge is 0.207 e. The summed E-state index contributed by atoms with van der Waals surface area (Å²) in [6, 6.07) is 11.4. The minimum atomic E-state index is 0.0550. The van der Waals surface area contributed by atoms with Gasteiger partial charge in [-0.25, -0.2) is 4.98 Å². The van der Waals surface area contributed by atoms with Crippen LogP contribution in [0.15, 0.2) is 36.4 Å². The molecule has 148 valence electrons. The fourth-order valence-electron chi connectivity index (χ4n) is 3.19. The fourth-order valence-corrected chi connectivity index (χ4v) is 3.19. The summed E-state index contributed by atoms with van der Waals surface area (Å²) in [6.45, 7) is 12.4. The molecule has 0 aliphatic rings. The third kappa shape index (κ3) is 4.88. The Morgan fingerprint density at radius 2 is 1.64 bits per heavy atom. The van der Waals surface area contributed by atoms with Crippen LogP contribution in [0.25, 0.3) is 11.2 Å². The van der Waals surface area contributed by atoms with E-state index in [4.69, 9.17) is 4.98 Å². The lowest BCUT2D eigenvalue weighted by molar-refractivity contribution is 0.101. The molecular formula is C22H29N5O. The number of nitrogens with one attached hydrogen (secondary N) is 2. The van der Waals surface area contributed by atoms with Crippen LogP contribution in [0.1, 0.15) is 45.0 Å². The molecule has 0 atom stereocenters. The molecular weight excluding hydrogens is 350 g/mol. The van der Waals surface area contributed by atoms with Crippen molar-refractivity contribution in [3.63, 3.8) is 0 Å². The monoisotopic (exact) mass is 379 g/mol. The van der Waals surface area contributed by atoms with E-state index in [1.54, 1.807) is 19.1 Å². The summed E-state index contributed by atoms with van der Waals surface area (Å²) in [5, 5.41) is 3.24. The average Bonchev–Trinajstić information content (AvgIpc) is 3.02. The predicted octanol–water partition coefficient (Wildman–Crippen LogP) is 5.02. The van der Waals surface area contributed by atoms with E-state index < -0.39 is 0 Å². The van der Waals surface area contributed by atoms with Crippen molar-refractivity contribution >= 4 is 34.4 Å². The Labute approximate surface area is 166 Å². The van der Waals surface area contributed by atoms with Gasteiger partial charge >= 0.3 is 0 Å².